The van der Waals surface area contributed by atoms with Crippen LogP contribution in [0.1, 0.15) is 10.5 Å². The molecule has 3 rings (SSSR count). The Balaban J connectivity index is 2.45. The van der Waals surface area contributed by atoms with Crippen LogP contribution in [0.3, 0.4) is 0 Å². The molecule has 0 aliphatic rings. The summed E-state index contributed by atoms with van der Waals surface area (Å²) in [4.78, 5) is 15.4. The van der Waals surface area contributed by atoms with Crippen molar-refractivity contribution in [3.8, 4) is 11.1 Å². The van der Waals surface area contributed by atoms with E-state index in [9.17, 15) is 9.90 Å². The second-order valence-corrected chi connectivity index (χ2v) is 4.44. The summed E-state index contributed by atoms with van der Waals surface area (Å²) < 4.78 is 0. The number of fused-ring (bicyclic) bond motifs is 1. The third kappa shape index (κ3) is 1.87. The summed E-state index contributed by atoms with van der Waals surface area (Å²) in [6.45, 7) is 0. The molecule has 20 heavy (non-hydrogen) atoms. The summed E-state index contributed by atoms with van der Waals surface area (Å²) in [5.74, 6) is -1.12. The molecule has 0 spiro atoms. The minimum absolute atomic E-state index is 0.109. The highest BCUT2D eigenvalue weighted by atomic mass is 16.4. The van der Waals surface area contributed by atoms with Gasteiger partial charge in [0.05, 0.1) is 11.2 Å². The van der Waals surface area contributed by atoms with Crippen molar-refractivity contribution in [2.75, 3.05) is 5.73 Å². The largest absolute Gasteiger partial charge is 0.476 e. The number of carboxylic acids is 1. The zero-order valence-electron chi connectivity index (χ0n) is 10.6. The molecule has 0 unspecified atom stereocenters. The first-order chi connectivity index (χ1) is 9.68. The van der Waals surface area contributed by atoms with Gasteiger partial charge in [0.1, 0.15) is 0 Å². The third-order valence-electron chi connectivity index (χ3n) is 3.20. The number of nitrogens with zero attached hydrogens (tertiary/aromatic N) is 1. The number of hydrogen-bond acceptors (Lipinski definition) is 3. The normalized spacial score (nSPS) is 10.6. The Kier molecular flexibility index (Phi) is 2.84. The molecule has 0 atom stereocenters. The summed E-state index contributed by atoms with van der Waals surface area (Å²) in [6, 6.07) is 16.9. The van der Waals surface area contributed by atoms with Crippen LogP contribution >= 0.6 is 0 Å². The first-order valence-corrected chi connectivity index (χ1v) is 6.15. The molecule has 0 aliphatic heterocycles. The minimum Gasteiger partial charge on any atom is -0.476 e. The molecule has 4 heteroatoms. The number of benzene rings is 2. The number of pyridine rings is 1. The van der Waals surface area contributed by atoms with Crippen LogP contribution in [0.5, 0.6) is 0 Å². The predicted molar refractivity (Wildman–Crippen MR) is 78.6 cm³/mol. The van der Waals surface area contributed by atoms with Crippen LogP contribution in [0.25, 0.3) is 22.0 Å². The van der Waals surface area contributed by atoms with E-state index < -0.39 is 5.97 Å². The maximum absolute atomic E-state index is 11.3. The standard InChI is InChI=1S/C16H12N2O2/c17-14-13(10-6-2-1-3-7-10)11-8-4-5-9-12(11)18-15(14)16(19)20/h1-9H,17H2,(H,19,20). The van der Waals surface area contributed by atoms with E-state index in [2.05, 4.69) is 4.98 Å². The number of carbonyl (C=O) groups is 1. The molecular formula is C16H12N2O2. The van der Waals surface area contributed by atoms with Gasteiger partial charge in [0, 0.05) is 10.9 Å². The van der Waals surface area contributed by atoms with Crippen LogP contribution < -0.4 is 5.73 Å². The van der Waals surface area contributed by atoms with Crippen LogP contribution in [0.2, 0.25) is 0 Å². The zero-order chi connectivity index (χ0) is 14.1. The van der Waals surface area contributed by atoms with E-state index in [1.165, 1.54) is 0 Å². The average molecular weight is 264 g/mol. The molecule has 1 heterocycles. The zero-order valence-corrected chi connectivity index (χ0v) is 10.6. The topological polar surface area (TPSA) is 76.2 Å². The Bertz CT molecular complexity index is 798. The molecule has 4 nitrogen and oxygen atoms in total. The minimum atomic E-state index is -1.12. The Labute approximate surface area is 115 Å². The Morgan fingerprint density at radius 1 is 1.00 bits per heavy atom. The molecular weight excluding hydrogens is 252 g/mol. The van der Waals surface area contributed by atoms with Gasteiger partial charge in [0.15, 0.2) is 5.69 Å². The van der Waals surface area contributed by atoms with Crippen molar-refractivity contribution in [1.82, 2.24) is 4.98 Å². The summed E-state index contributed by atoms with van der Waals surface area (Å²) >= 11 is 0. The molecule has 98 valence electrons. The Hall–Kier alpha value is -2.88. The van der Waals surface area contributed by atoms with E-state index in [0.29, 0.717) is 11.1 Å². The molecule has 0 saturated carbocycles. The van der Waals surface area contributed by atoms with Crippen LogP contribution in [0.4, 0.5) is 5.69 Å². The van der Waals surface area contributed by atoms with Crippen LogP contribution in [-0.4, -0.2) is 16.1 Å². The lowest BCUT2D eigenvalue weighted by molar-refractivity contribution is 0.0692. The van der Waals surface area contributed by atoms with Gasteiger partial charge in [-0.2, -0.15) is 0 Å². The van der Waals surface area contributed by atoms with E-state index in [0.717, 1.165) is 10.9 Å². The Morgan fingerprint density at radius 3 is 2.35 bits per heavy atom. The molecule has 2 aromatic carbocycles. The summed E-state index contributed by atoms with van der Waals surface area (Å²) in [7, 11) is 0. The molecule has 0 fully saturated rings. The van der Waals surface area contributed by atoms with Gasteiger partial charge in [-0.25, -0.2) is 9.78 Å². The van der Waals surface area contributed by atoms with Crippen LogP contribution in [0, 0.1) is 0 Å². The molecule has 0 aliphatic carbocycles. The maximum Gasteiger partial charge on any atom is 0.356 e. The molecule has 0 radical (unpaired) electrons. The van der Waals surface area contributed by atoms with Gasteiger partial charge in [-0.3, -0.25) is 0 Å². The smallest absolute Gasteiger partial charge is 0.356 e. The lowest BCUT2D eigenvalue weighted by atomic mass is 9.98. The molecule has 0 saturated heterocycles. The quantitative estimate of drug-likeness (QED) is 0.745. The van der Waals surface area contributed by atoms with Crippen LogP contribution in [0.15, 0.2) is 54.6 Å². The van der Waals surface area contributed by atoms with Crippen molar-refractivity contribution in [2.24, 2.45) is 0 Å². The van der Waals surface area contributed by atoms with Crippen LogP contribution in [-0.2, 0) is 0 Å². The number of nitrogens with two attached hydrogens (primary N) is 1. The van der Waals surface area contributed by atoms with Crippen molar-refractivity contribution in [3.05, 3.63) is 60.3 Å². The fourth-order valence-electron chi connectivity index (χ4n) is 2.31. The first-order valence-electron chi connectivity index (χ1n) is 6.15. The lowest BCUT2D eigenvalue weighted by Crippen LogP contribution is -2.07. The number of aromatic nitrogens is 1. The summed E-state index contributed by atoms with van der Waals surface area (Å²) in [5, 5.41) is 10.1. The number of para-hydroxylation sites is 1. The van der Waals surface area contributed by atoms with Gasteiger partial charge in [0.25, 0.3) is 0 Å². The van der Waals surface area contributed by atoms with Gasteiger partial charge in [-0.1, -0.05) is 48.5 Å². The van der Waals surface area contributed by atoms with E-state index >= 15 is 0 Å². The van der Waals surface area contributed by atoms with Gasteiger partial charge in [0.2, 0.25) is 0 Å². The van der Waals surface area contributed by atoms with E-state index in [1.54, 1.807) is 6.07 Å². The van der Waals surface area contributed by atoms with Crippen molar-refractivity contribution in [3.63, 3.8) is 0 Å². The SMILES string of the molecule is Nc1c(C(=O)O)nc2ccccc2c1-c1ccccc1. The second-order valence-electron chi connectivity index (χ2n) is 4.44. The number of nitrogen functional groups attached to an aromatic ring is 1. The first kappa shape index (κ1) is 12.2. The number of anilines is 1. The molecule has 3 N–H and O–H groups in total. The second kappa shape index (κ2) is 4.66. The monoisotopic (exact) mass is 264 g/mol. The summed E-state index contributed by atoms with van der Waals surface area (Å²) in [5.41, 5.74) is 8.35. The van der Waals surface area contributed by atoms with E-state index in [1.807, 2.05) is 48.5 Å². The Morgan fingerprint density at radius 2 is 1.65 bits per heavy atom. The number of rotatable bonds is 2. The highest BCUT2D eigenvalue weighted by Crippen LogP contribution is 2.34. The van der Waals surface area contributed by atoms with Crippen molar-refractivity contribution in [1.29, 1.82) is 0 Å². The fourth-order valence-corrected chi connectivity index (χ4v) is 2.31. The van der Waals surface area contributed by atoms with Crippen molar-refractivity contribution in [2.45, 2.75) is 0 Å². The third-order valence-corrected chi connectivity index (χ3v) is 3.20. The van der Waals surface area contributed by atoms with Gasteiger partial charge in [-0.15, -0.1) is 0 Å². The number of carboxylic acid groups (broad SMARTS) is 1. The molecule has 0 bridgehead atoms. The average Bonchev–Trinajstić information content (AvgIpc) is 2.47. The lowest BCUT2D eigenvalue weighted by Gasteiger charge is -2.12. The fraction of sp³-hybridized carbons (Fsp3) is 0. The highest BCUT2D eigenvalue weighted by molar-refractivity contribution is 6.07. The van der Waals surface area contributed by atoms with Crippen molar-refractivity contribution < 1.29 is 9.90 Å². The van der Waals surface area contributed by atoms with Gasteiger partial charge < -0.3 is 10.8 Å². The summed E-state index contributed by atoms with van der Waals surface area (Å²) in [6.07, 6.45) is 0. The van der Waals surface area contributed by atoms with Gasteiger partial charge >= 0.3 is 5.97 Å². The highest BCUT2D eigenvalue weighted by Gasteiger charge is 2.18. The molecule has 1 aromatic heterocycles. The van der Waals surface area contributed by atoms with Crippen molar-refractivity contribution >= 4 is 22.6 Å². The van der Waals surface area contributed by atoms with E-state index in [-0.39, 0.29) is 11.4 Å². The molecule has 3 aromatic rings. The number of aromatic carboxylic acids is 1. The predicted octanol–water partition coefficient (Wildman–Crippen LogP) is 3.18. The van der Waals surface area contributed by atoms with E-state index in [4.69, 9.17) is 5.73 Å². The number of hydrogen-bond donors (Lipinski definition) is 2. The maximum atomic E-state index is 11.3. The molecule has 0 amide bonds. The van der Waals surface area contributed by atoms with Gasteiger partial charge in [-0.05, 0) is 11.6 Å².